The molecule has 35 heavy (non-hydrogen) atoms. The molecule has 1 saturated heterocycles. The van der Waals surface area contributed by atoms with Crippen LogP contribution < -0.4 is 14.9 Å². The van der Waals surface area contributed by atoms with Crippen LogP contribution in [-0.2, 0) is 15.8 Å². The van der Waals surface area contributed by atoms with Crippen molar-refractivity contribution in [1.82, 2.24) is 10.0 Å². The summed E-state index contributed by atoms with van der Waals surface area (Å²) in [7, 11) is 0. The van der Waals surface area contributed by atoms with Crippen LogP contribution in [0.1, 0.15) is 36.4 Å². The zero-order chi connectivity index (χ0) is 25.4. The maximum atomic E-state index is 13.6. The topological polar surface area (TPSA) is 61.4 Å². The number of benzene rings is 2. The SMILES string of the molecule is O=C(NC1CC(F)(F)C1)C(c1ccccc1Cl)N(C(=O)[C@@H]1CCSN1)c1cccc(C(F)(F)F)c1. The molecule has 2 atom stereocenters. The third kappa shape index (κ3) is 5.73. The van der Waals surface area contributed by atoms with Gasteiger partial charge in [-0.3, -0.25) is 19.2 Å². The Balaban J connectivity index is 1.80. The van der Waals surface area contributed by atoms with E-state index >= 15 is 0 Å². The van der Waals surface area contributed by atoms with Gasteiger partial charge in [-0.2, -0.15) is 13.2 Å². The lowest BCUT2D eigenvalue weighted by Crippen LogP contribution is -2.55. The summed E-state index contributed by atoms with van der Waals surface area (Å²) in [5, 5.41) is 2.62. The van der Waals surface area contributed by atoms with Gasteiger partial charge in [-0.15, -0.1) is 0 Å². The summed E-state index contributed by atoms with van der Waals surface area (Å²) < 4.78 is 70.2. The predicted molar refractivity (Wildman–Crippen MR) is 123 cm³/mol. The van der Waals surface area contributed by atoms with Gasteiger partial charge < -0.3 is 5.32 Å². The highest BCUT2D eigenvalue weighted by molar-refractivity contribution is 7.97. The summed E-state index contributed by atoms with van der Waals surface area (Å²) in [6.45, 7) is 0. The van der Waals surface area contributed by atoms with Gasteiger partial charge in [0.05, 0.1) is 11.6 Å². The van der Waals surface area contributed by atoms with Gasteiger partial charge in [0.2, 0.25) is 11.8 Å². The smallest absolute Gasteiger partial charge is 0.351 e. The minimum absolute atomic E-state index is 0.102. The van der Waals surface area contributed by atoms with Crippen molar-refractivity contribution in [2.24, 2.45) is 0 Å². The van der Waals surface area contributed by atoms with Gasteiger partial charge in [0.1, 0.15) is 6.04 Å². The Morgan fingerprint density at radius 3 is 2.46 bits per heavy atom. The van der Waals surface area contributed by atoms with Gasteiger partial charge in [-0.25, -0.2) is 8.78 Å². The summed E-state index contributed by atoms with van der Waals surface area (Å²) in [5.41, 5.74) is -1.00. The first kappa shape index (κ1) is 25.7. The van der Waals surface area contributed by atoms with Gasteiger partial charge in [0.15, 0.2) is 0 Å². The molecule has 1 aliphatic carbocycles. The second kappa shape index (κ2) is 9.94. The largest absolute Gasteiger partial charge is 0.416 e. The summed E-state index contributed by atoms with van der Waals surface area (Å²) >= 11 is 7.64. The van der Waals surface area contributed by atoms with Crippen LogP contribution in [0.3, 0.4) is 0 Å². The van der Waals surface area contributed by atoms with Gasteiger partial charge in [-0.05, 0) is 30.7 Å². The number of hydrogen-bond donors (Lipinski definition) is 2. The molecule has 2 aromatic rings. The van der Waals surface area contributed by atoms with Crippen molar-refractivity contribution in [3.05, 3.63) is 64.7 Å². The van der Waals surface area contributed by atoms with E-state index < -0.39 is 60.4 Å². The molecule has 1 heterocycles. The van der Waals surface area contributed by atoms with Crippen LogP contribution in [0.4, 0.5) is 27.6 Å². The monoisotopic (exact) mass is 533 g/mol. The Bertz CT molecular complexity index is 1100. The summed E-state index contributed by atoms with van der Waals surface area (Å²) in [5.74, 6) is -3.75. The Labute approximate surface area is 207 Å². The number of halogens is 6. The van der Waals surface area contributed by atoms with E-state index in [1.165, 1.54) is 30.1 Å². The summed E-state index contributed by atoms with van der Waals surface area (Å²) in [6, 6.07) is 7.12. The molecule has 5 nitrogen and oxygen atoms in total. The number of hydrogen-bond acceptors (Lipinski definition) is 4. The number of alkyl halides is 5. The lowest BCUT2D eigenvalue weighted by atomic mass is 9.87. The molecule has 2 fully saturated rings. The third-order valence-electron chi connectivity index (χ3n) is 5.86. The van der Waals surface area contributed by atoms with E-state index in [1.807, 2.05) is 0 Å². The molecular formula is C23H21ClF5N3O2S. The number of anilines is 1. The summed E-state index contributed by atoms with van der Waals surface area (Å²) in [6.07, 6.45) is -5.42. The normalized spacial score (nSPS) is 20.7. The highest BCUT2D eigenvalue weighted by Crippen LogP contribution is 2.40. The molecule has 0 spiro atoms. The maximum absolute atomic E-state index is 13.6. The van der Waals surface area contributed by atoms with Crippen LogP contribution in [0.5, 0.6) is 0 Å². The van der Waals surface area contributed by atoms with Crippen molar-refractivity contribution >= 4 is 41.1 Å². The number of carbonyl (C=O) groups is 2. The van der Waals surface area contributed by atoms with E-state index in [0.717, 1.165) is 23.1 Å². The highest BCUT2D eigenvalue weighted by Gasteiger charge is 2.47. The molecule has 2 N–H and O–H groups in total. The van der Waals surface area contributed by atoms with Crippen LogP contribution >= 0.6 is 23.5 Å². The van der Waals surface area contributed by atoms with E-state index in [9.17, 15) is 31.5 Å². The van der Waals surface area contributed by atoms with E-state index in [2.05, 4.69) is 10.0 Å². The van der Waals surface area contributed by atoms with Crippen molar-refractivity contribution in [1.29, 1.82) is 0 Å². The first-order valence-electron chi connectivity index (χ1n) is 10.8. The van der Waals surface area contributed by atoms with Crippen LogP contribution in [0, 0.1) is 0 Å². The first-order chi connectivity index (χ1) is 16.5. The van der Waals surface area contributed by atoms with Crippen LogP contribution in [0.15, 0.2) is 48.5 Å². The van der Waals surface area contributed by atoms with Crippen molar-refractivity contribution in [2.75, 3.05) is 10.7 Å². The number of rotatable bonds is 6. The molecule has 188 valence electrons. The molecule has 2 amide bonds. The number of carbonyl (C=O) groups excluding carboxylic acids is 2. The van der Waals surface area contributed by atoms with Crippen LogP contribution in [0.25, 0.3) is 0 Å². The molecule has 4 rings (SSSR count). The van der Waals surface area contributed by atoms with Crippen molar-refractivity contribution in [3.8, 4) is 0 Å². The molecule has 1 unspecified atom stereocenters. The molecule has 2 aliphatic rings. The summed E-state index contributed by atoms with van der Waals surface area (Å²) in [4.78, 5) is 28.1. The fraction of sp³-hybridized carbons (Fsp3) is 0.391. The van der Waals surface area contributed by atoms with Gasteiger partial charge in [-0.1, -0.05) is 47.8 Å². The standard InChI is InChI=1S/C23H21ClF5N3O2S/c24-17-7-2-1-6-16(17)19(20(33)30-14-11-22(25,26)12-14)32(21(34)18-8-9-35-31-18)15-5-3-4-13(10-15)23(27,28)29/h1-7,10,14,18-19,31H,8-9,11-12H2,(H,30,33)/t18-,19?/m0/s1. The molecule has 1 saturated carbocycles. The molecule has 2 aromatic carbocycles. The third-order valence-corrected chi connectivity index (χ3v) is 7.10. The molecule has 0 bridgehead atoms. The second-order valence-corrected chi connectivity index (χ2v) is 9.80. The molecule has 1 aliphatic heterocycles. The average molecular weight is 534 g/mol. The minimum atomic E-state index is -4.69. The quantitative estimate of drug-likeness (QED) is 0.388. The average Bonchev–Trinajstić information content (AvgIpc) is 3.31. The Hall–Kier alpha value is -2.37. The van der Waals surface area contributed by atoms with Gasteiger partial charge in [0, 0.05) is 40.9 Å². The number of amides is 2. The Morgan fingerprint density at radius 1 is 1.14 bits per heavy atom. The Kier molecular flexibility index (Phi) is 7.31. The molecule has 0 aromatic heterocycles. The fourth-order valence-corrected chi connectivity index (χ4v) is 5.24. The molecular weight excluding hydrogens is 513 g/mol. The zero-order valence-electron chi connectivity index (χ0n) is 18.1. The van der Waals surface area contributed by atoms with Gasteiger partial charge in [0.25, 0.3) is 5.92 Å². The fourth-order valence-electron chi connectivity index (χ4n) is 4.11. The minimum Gasteiger partial charge on any atom is -0.351 e. The van der Waals surface area contributed by atoms with E-state index in [-0.39, 0.29) is 16.3 Å². The van der Waals surface area contributed by atoms with Crippen molar-refractivity contribution in [2.45, 2.75) is 49.5 Å². The maximum Gasteiger partial charge on any atom is 0.416 e. The second-order valence-electron chi connectivity index (χ2n) is 8.46. The van der Waals surface area contributed by atoms with E-state index in [1.54, 1.807) is 12.1 Å². The highest BCUT2D eigenvalue weighted by atomic mass is 35.5. The van der Waals surface area contributed by atoms with E-state index in [4.69, 9.17) is 11.6 Å². The van der Waals surface area contributed by atoms with Gasteiger partial charge >= 0.3 is 6.18 Å². The first-order valence-corrected chi connectivity index (χ1v) is 12.1. The number of nitrogens with zero attached hydrogens (tertiary/aromatic N) is 1. The lowest BCUT2D eigenvalue weighted by Gasteiger charge is -2.38. The van der Waals surface area contributed by atoms with Crippen LogP contribution in [-0.4, -0.2) is 35.6 Å². The van der Waals surface area contributed by atoms with Crippen molar-refractivity contribution < 1.29 is 31.5 Å². The van der Waals surface area contributed by atoms with Crippen LogP contribution in [0.2, 0.25) is 5.02 Å². The van der Waals surface area contributed by atoms with E-state index in [0.29, 0.717) is 12.2 Å². The predicted octanol–water partition coefficient (Wildman–Crippen LogP) is 5.36. The van der Waals surface area contributed by atoms with Crippen molar-refractivity contribution in [3.63, 3.8) is 0 Å². The molecule has 12 heteroatoms. The molecule has 0 radical (unpaired) electrons. The zero-order valence-corrected chi connectivity index (χ0v) is 19.7. The Morgan fingerprint density at radius 2 is 1.86 bits per heavy atom. The number of nitrogens with one attached hydrogen (secondary N) is 2. The lowest BCUT2D eigenvalue weighted by molar-refractivity contribution is -0.137.